The smallest absolute Gasteiger partial charge is 0.0780 e. The summed E-state index contributed by atoms with van der Waals surface area (Å²) in [4.78, 5) is 4.52. The molecule has 0 atom stereocenters. The van der Waals surface area contributed by atoms with Gasteiger partial charge in [0.2, 0.25) is 0 Å². The monoisotopic (exact) mass is 263 g/mol. The Labute approximate surface area is 118 Å². The maximum atomic E-state index is 5.87. The summed E-state index contributed by atoms with van der Waals surface area (Å²) >= 11 is 0. The maximum absolute atomic E-state index is 5.87. The number of hydrogen-bond donors (Lipinski definition) is 2. The van der Waals surface area contributed by atoms with Gasteiger partial charge in [0.15, 0.2) is 0 Å². The first-order valence-corrected chi connectivity index (χ1v) is 6.69. The Bertz CT molecular complexity index is 745. The Hall–Kier alpha value is -2.23. The van der Waals surface area contributed by atoms with Gasteiger partial charge < -0.3 is 11.5 Å². The van der Waals surface area contributed by atoms with E-state index in [1.807, 2.05) is 18.3 Å². The predicted octanol–water partition coefficient (Wildman–Crippen LogP) is 2.82. The molecule has 1 aromatic heterocycles. The van der Waals surface area contributed by atoms with Gasteiger partial charge in [-0.25, -0.2) is 0 Å². The number of fused-ring (bicyclic) bond motifs is 1. The summed E-state index contributed by atoms with van der Waals surface area (Å²) in [6.07, 6.45) is 1.82. The van der Waals surface area contributed by atoms with Crippen LogP contribution in [0.2, 0.25) is 0 Å². The average molecular weight is 263 g/mol. The highest BCUT2D eigenvalue weighted by atomic mass is 14.7. The lowest BCUT2D eigenvalue weighted by Gasteiger charge is -2.12. The van der Waals surface area contributed by atoms with E-state index in [1.165, 1.54) is 0 Å². The second kappa shape index (κ2) is 5.41. The Morgan fingerprint density at radius 1 is 0.850 bits per heavy atom. The van der Waals surface area contributed by atoms with Crippen LogP contribution in [0.25, 0.3) is 22.0 Å². The molecular formula is C17H17N3. The molecule has 0 spiro atoms. The largest absolute Gasteiger partial charge is 0.326 e. The van der Waals surface area contributed by atoms with Crippen LogP contribution < -0.4 is 11.5 Å². The summed E-state index contributed by atoms with van der Waals surface area (Å²) in [7, 11) is 0. The minimum absolute atomic E-state index is 0.503. The Morgan fingerprint density at radius 3 is 2.50 bits per heavy atom. The summed E-state index contributed by atoms with van der Waals surface area (Å²) in [5, 5.41) is 1.13. The van der Waals surface area contributed by atoms with Crippen molar-refractivity contribution >= 4 is 10.9 Å². The first-order chi connectivity index (χ1) is 9.83. The highest BCUT2D eigenvalue weighted by Crippen LogP contribution is 2.30. The van der Waals surface area contributed by atoms with Crippen LogP contribution >= 0.6 is 0 Å². The quantitative estimate of drug-likeness (QED) is 0.763. The van der Waals surface area contributed by atoms with Gasteiger partial charge in [-0.15, -0.1) is 0 Å². The van der Waals surface area contributed by atoms with Gasteiger partial charge in [-0.05, 0) is 28.8 Å². The van der Waals surface area contributed by atoms with E-state index in [1.54, 1.807) is 0 Å². The van der Waals surface area contributed by atoms with Gasteiger partial charge in [0.25, 0.3) is 0 Å². The molecule has 0 amide bonds. The molecular weight excluding hydrogens is 246 g/mol. The molecule has 2 aromatic carbocycles. The first-order valence-electron chi connectivity index (χ1n) is 6.69. The van der Waals surface area contributed by atoms with Crippen molar-refractivity contribution in [2.24, 2.45) is 11.5 Å². The number of nitrogens with zero attached hydrogens (tertiary/aromatic N) is 1. The van der Waals surface area contributed by atoms with Crippen molar-refractivity contribution in [1.29, 1.82) is 0 Å². The molecule has 4 N–H and O–H groups in total. The van der Waals surface area contributed by atoms with Crippen molar-refractivity contribution < 1.29 is 0 Å². The molecule has 0 fully saturated rings. The zero-order valence-corrected chi connectivity index (χ0v) is 11.2. The second-order valence-electron chi connectivity index (χ2n) is 4.78. The zero-order valence-electron chi connectivity index (χ0n) is 11.2. The number of para-hydroxylation sites is 1. The van der Waals surface area contributed by atoms with E-state index in [0.29, 0.717) is 13.1 Å². The normalized spacial score (nSPS) is 10.9. The zero-order chi connectivity index (χ0) is 13.9. The van der Waals surface area contributed by atoms with E-state index in [-0.39, 0.29) is 0 Å². The topological polar surface area (TPSA) is 64.9 Å². The molecule has 0 unspecified atom stereocenters. The third-order valence-electron chi connectivity index (χ3n) is 3.55. The van der Waals surface area contributed by atoms with E-state index in [0.717, 1.165) is 33.2 Å². The van der Waals surface area contributed by atoms with Gasteiger partial charge in [0.1, 0.15) is 0 Å². The summed E-state index contributed by atoms with van der Waals surface area (Å²) in [6, 6.07) is 16.4. The molecule has 0 saturated carbocycles. The number of benzene rings is 2. The number of nitrogens with two attached hydrogens (primary N) is 2. The molecule has 3 heteroatoms. The highest BCUT2D eigenvalue weighted by molar-refractivity contribution is 5.94. The van der Waals surface area contributed by atoms with Gasteiger partial charge in [-0.1, -0.05) is 36.4 Å². The fourth-order valence-electron chi connectivity index (χ4n) is 2.50. The van der Waals surface area contributed by atoms with Crippen LogP contribution in [-0.4, -0.2) is 4.98 Å². The molecule has 20 heavy (non-hydrogen) atoms. The standard InChI is InChI=1S/C17H17N3/c18-10-12-6-7-14(11-19)16(9-12)15-5-1-3-13-4-2-8-20-17(13)15/h1-9H,10-11,18-19H2. The SMILES string of the molecule is NCc1ccc(CN)c(-c2cccc3cccnc23)c1. The molecule has 0 aliphatic rings. The summed E-state index contributed by atoms with van der Waals surface area (Å²) in [5.74, 6) is 0. The van der Waals surface area contributed by atoms with E-state index in [2.05, 4.69) is 41.4 Å². The Kier molecular flexibility index (Phi) is 3.46. The third-order valence-corrected chi connectivity index (χ3v) is 3.55. The number of rotatable bonds is 3. The summed E-state index contributed by atoms with van der Waals surface area (Å²) < 4.78 is 0. The molecule has 3 aromatic rings. The molecule has 0 saturated heterocycles. The summed E-state index contributed by atoms with van der Waals surface area (Å²) in [6.45, 7) is 1.03. The maximum Gasteiger partial charge on any atom is 0.0780 e. The van der Waals surface area contributed by atoms with Crippen LogP contribution in [0.3, 0.4) is 0 Å². The van der Waals surface area contributed by atoms with Crippen LogP contribution in [0.15, 0.2) is 54.7 Å². The van der Waals surface area contributed by atoms with E-state index < -0.39 is 0 Å². The number of hydrogen-bond acceptors (Lipinski definition) is 3. The van der Waals surface area contributed by atoms with Gasteiger partial charge in [-0.3, -0.25) is 4.98 Å². The van der Waals surface area contributed by atoms with Gasteiger partial charge in [0.05, 0.1) is 5.52 Å². The Morgan fingerprint density at radius 2 is 1.70 bits per heavy atom. The van der Waals surface area contributed by atoms with Crippen molar-refractivity contribution in [2.75, 3.05) is 0 Å². The van der Waals surface area contributed by atoms with Crippen LogP contribution in [0, 0.1) is 0 Å². The minimum atomic E-state index is 0.503. The van der Waals surface area contributed by atoms with E-state index in [9.17, 15) is 0 Å². The molecule has 1 heterocycles. The van der Waals surface area contributed by atoms with Gasteiger partial charge >= 0.3 is 0 Å². The predicted molar refractivity (Wildman–Crippen MR) is 83.0 cm³/mol. The van der Waals surface area contributed by atoms with Crippen LogP contribution in [0.5, 0.6) is 0 Å². The lowest BCUT2D eigenvalue weighted by Crippen LogP contribution is -2.02. The molecule has 0 aliphatic carbocycles. The minimum Gasteiger partial charge on any atom is -0.326 e. The van der Waals surface area contributed by atoms with Crippen LogP contribution in [0.4, 0.5) is 0 Å². The lowest BCUT2D eigenvalue weighted by molar-refractivity contribution is 1.04. The first kappa shape index (κ1) is 12.8. The molecule has 3 nitrogen and oxygen atoms in total. The van der Waals surface area contributed by atoms with Gasteiger partial charge in [0, 0.05) is 30.2 Å². The van der Waals surface area contributed by atoms with Gasteiger partial charge in [-0.2, -0.15) is 0 Å². The van der Waals surface area contributed by atoms with E-state index >= 15 is 0 Å². The summed E-state index contributed by atoms with van der Waals surface area (Å²) in [5.41, 5.74) is 17.1. The molecule has 100 valence electrons. The fourth-order valence-corrected chi connectivity index (χ4v) is 2.50. The number of aromatic nitrogens is 1. The third kappa shape index (κ3) is 2.18. The van der Waals surface area contributed by atoms with Crippen molar-refractivity contribution in [3.05, 3.63) is 65.9 Å². The highest BCUT2D eigenvalue weighted by Gasteiger charge is 2.09. The van der Waals surface area contributed by atoms with Crippen molar-refractivity contribution in [2.45, 2.75) is 13.1 Å². The Balaban J connectivity index is 2.30. The average Bonchev–Trinajstić information content (AvgIpc) is 2.53. The van der Waals surface area contributed by atoms with Crippen molar-refractivity contribution in [3.63, 3.8) is 0 Å². The fraction of sp³-hybridized carbons (Fsp3) is 0.118. The molecule has 3 rings (SSSR count). The van der Waals surface area contributed by atoms with Crippen molar-refractivity contribution in [1.82, 2.24) is 4.98 Å². The van der Waals surface area contributed by atoms with Crippen LogP contribution in [-0.2, 0) is 13.1 Å². The lowest BCUT2D eigenvalue weighted by atomic mass is 9.95. The molecule has 0 bridgehead atoms. The van der Waals surface area contributed by atoms with Crippen molar-refractivity contribution in [3.8, 4) is 11.1 Å². The second-order valence-corrected chi connectivity index (χ2v) is 4.78. The molecule has 0 aliphatic heterocycles. The number of pyridine rings is 1. The van der Waals surface area contributed by atoms with E-state index in [4.69, 9.17) is 11.5 Å². The van der Waals surface area contributed by atoms with Crippen LogP contribution in [0.1, 0.15) is 11.1 Å². The molecule has 0 radical (unpaired) electrons.